The Balaban J connectivity index is 1.72. The summed E-state index contributed by atoms with van der Waals surface area (Å²) >= 11 is 0. The van der Waals surface area contributed by atoms with E-state index in [-0.39, 0.29) is 36.8 Å². The van der Waals surface area contributed by atoms with Crippen LogP contribution in [0.15, 0.2) is 30.5 Å². The zero-order chi connectivity index (χ0) is 30.8. The van der Waals surface area contributed by atoms with Crippen LogP contribution in [-0.2, 0) is 16.0 Å². The van der Waals surface area contributed by atoms with Crippen molar-refractivity contribution in [2.45, 2.75) is 44.1 Å². The highest BCUT2D eigenvalue weighted by atomic mass is 19.4. The molecule has 0 aliphatic carbocycles. The summed E-state index contributed by atoms with van der Waals surface area (Å²) in [6.07, 6.45) is -7.85. The van der Waals surface area contributed by atoms with Crippen molar-refractivity contribution in [1.82, 2.24) is 14.9 Å². The van der Waals surface area contributed by atoms with E-state index in [1.807, 2.05) is 13.1 Å². The van der Waals surface area contributed by atoms with E-state index in [1.54, 1.807) is 0 Å². The van der Waals surface area contributed by atoms with Crippen molar-refractivity contribution in [1.29, 1.82) is 0 Å². The average molecular weight is 602 g/mol. The first-order valence-corrected chi connectivity index (χ1v) is 12.6. The molecule has 4 N–H and O–H groups in total. The lowest BCUT2D eigenvalue weighted by Gasteiger charge is -2.19. The topological polar surface area (TPSA) is 140 Å². The van der Waals surface area contributed by atoms with Gasteiger partial charge in [0, 0.05) is 29.4 Å². The van der Waals surface area contributed by atoms with Gasteiger partial charge in [0.1, 0.15) is 5.82 Å². The number of likely N-dealkylation sites (tertiary alicyclic amines) is 1. The highest BCUT2D eigenvalue weighted by Crippen LogP contribution is 2.39. The number of benzene rings is 1. The summed E-state index contributed by atoms with van der Waals surface area (Å²) in [4.78, 5) is 46.1. The second-order valence-corrected chi connectivity index (χ2v) is 9.57. The molecule has 1 saturated heterocycles. The van der Waals surface area contributed by atoms with Gasteiger partial charge in [0.2, 0.25) is 0 Å². The van der Waals surface area contributed by atoms with Gasteiger partial charge in [0.25, 0.3) is 5.91 Å². The van der Waals surface area contributed by atoms with Crippen LogP contribution in [0.25, 0.3) is 10.9 Å². The maximum atomic E-state index is 13.2. The van der Waals surface area contributed by atoms with Gasteiger partial charge in [0.15, 0.2) is 11.5 Å². The fraction of sp³-hybridized carbons (Fsp3) is 0.385. The Morgan fingerprint density at radius 3 is 2.33 bits per heavy atom. The molecule has 2 aromatic heterocycles. The summed E-state index contributed by atoms with van der Waals surface area (Å²) in [5.41, 5.74) is 5.84. The number of carbonyl (C=O) groups is 3. The standard InChI is InChI=1S/C26H25F6N5O5/c1-37-9-3-5-18(37)17-10-14-12-34-19(11-16(14)35-17)36-22(38)15-7-6-13(4-2-8-33)20(41-23(39)25(27,28)29)21(15)42-24(40)26(30,31)32/h6-7,10-12,18,35H,2-5,8-9,33H2,1H3,(H,34,36,38)/t18-/m1/s1. The van der Waals surface area contributed by atoms with Gasteiger partial charge in [0.05, 0.1) is 11.1 Å². The number of hydrogen-bond donors (Lipinski definition) is 3. The summed E-state index contributed by atoms with van der Waals surface area (Å²) in [7, 11) is 1.98. The third-order valence-corrected chi connectivity index (χ3v) is 6.59. The molecule has 0 bridgehead atoms. The number of nitrogens with two attached hydrogens (primary N) is 1. The highest BCUT2D eigenvalue weighted by molar-refractivity contribution is 6.07. The van der Waals surface area contributed by atoms with Crippen molar-refractivity contribution in [3.8, 4) is 11.5 Å². The number of aryl methyl sites for hydroxylation is 1. The van der Waals surface area contributed by atoms with Crippen molar-refractivity contribution in [3.63, 3.8) is 0 Å². The Bertz CT molecular complexity index is 1500. The van der Waals surface area contributed by atoms with E-state index in [0.717, 1.165) is 37.2 Å². The molecule has 10 nitrogen and oxygen atoms in total. The average Bonchev–Trinajstić information content (AvgIpc) is 3.52. The second-order valence-electron chi connectivity index (χ2n) is 9.57. The number of nitrogens with zero attached hydrogens (tertiary/aromatic N) is 2. The minimum atomic E-state index is -5.60. The molecular weight excluding hydrogens is 576 g/mol. The molecule has 0 radical (unpaired) electrons. The number of ether oxygens (including phenoxy) is 2. The van der Waals surface area contributed by atoms with Crippen molar-refractivity contribution in [3.05, 3.63) is 47.3 Å². The first-order chi connectivity index (χ1) is 19.7. The lowest BCUT2D eigenvalue weighted by atomic mass is 10.0. The van der Waals surface area contributed by atoms with Crippen LogP contribution in [0.2, 0.25) is 0 Å². The Hall–Kier alpha value is -4.18. The lowest BCUT2D eigenvalue weighted by Crippen LogP contribution is -2.31. The van der Waals surface area contributed by atoms with Crippen LogP contribution in [-0.4, -0.2) is 65.2 Å². The predicted octanol–water partition coefficient (Wildman–Crippen LogP) is 4.41. The van der Waals surface area contributed by atoms with Crippen LogP contribution in [0.4, 0.5) is 32.2 Å². The summed E-state index contributed by atoms with van der Waals surface area (Å²) in [5.74, 6) is -9.43. The van der Waals surface area contributed by atoms with Gasteiger partial charge in [-0.1, -0.05) is 6.07 Å². The molecule has 3 aromatic rings. The molecule has 4 rings (SSSR count). The summed E-state index contributed by atoms with van der Waals surface area (Å²) in [5, 5.41) is 3.04. The third-order valence-electron chi connectivity index (χ3n) is 6.59. The number of aromatic amines is 1. The quantitative estimate of drug-likeness (QED) is 0.196. The monoisotopic (exact) mass is 601 g/mol. The smallest absolute Gasteiger partial charge is 0.416 e. The predicted molar refractivity (Wildman–Crippen MR) is 136 cm³/mol. The number of amides is 1. The van der Waals surface area contributed by atoms with Gasteiger partial charge in [-0.3, -0.25) is 9.69 Å². The Morgan fingerprint density at radius 1 is 1.07 bits per heavy atom. The zero-order valence-electron chi connectivity index (χ0n) is 22.0. The molecule has 42 heavy (non-hydrogen) atoms. The SMILES string of the molecule is CN1CCC[C@@H]1c1cc2cnc(NC(=O)c3ccc(CCCN)c(OC(=O)C(F)(F)F)c3OC(=O)C(F)(F)F)cc2[nH]1. The molecule has 1 aromatic carbocycles. The number of pyridine rings is 1. The number of halogens is 6. The van der Waals surface area contributed by atoms with Crippen LogP contribution in [0, 0.1) is 0 Å². The van der Waals surface area contributed by atoms with E-state index < -0.39 is 47.3 Å². The molecule has 1 aliphatic rings. The Morgan fingerprint density at radius 2 is 1.74 bits per heavy atom. The van der Waals surface area contributed by atoms with Crippen LogP contribution < -0.4 is 20.5 Å². The zero-order valence-corrected chi connectivity index (χ0v) is 22.0. The number of anilines is 1. The second kappa shape index (κ2) is 12.0. The highest BCUT2D eigenvalue weighted by Gasteiger charge is 2.45. The minimum absolute atomic E-state index is 0.0121. The molecule has 0 unspecified atom stereocenters. The molecule has 3 heterocycles. The molecule has 16 heteroatoms. The number of fused-ring (bicyclic) bond motifs is 1. The van der Waals surface area contributed by atoms with E-state index in [0.29, 0.717) is 10.9 Å². The Labute approximate surface area is 234 Å². The molecular formula is C26H25F6N5O5. The molecule has 1 amide bonds. The van der Waals surface area contributed by atoms with Crippen molar-refractivity contribution in [2.24, 2.45) is 5.73 Å². The molecule has 0 spiro atoms. The number of aromatic nitrogens is 2. The molecule has 1 fully saturated rings. The van der Waals surface area contributed by atoms with Gasteiger partial charge in [-0.25, -0.2) is 14.6 Å². The van der Waals surface area contributed by atoms with E-state index in [9.17, 15) is 40.7 Å². The first-order valence-electron chi connectivity index (χ1n) is 12.6. The first kappa shape index (κ1) is 30.8. The van der Waals surface area contributed by atoms with Crippen molar-refractivity contribution >= 4 is 34.6 Å². The lowest BCUT2D eigenvalue weighted by molar-refractivity contribution is -0.191. The summed E-state index contributed by atoms with van der Waals surface area (Å²) in [6, 6.07) is 5.48. The van der Waals surface area contributed by atoms with Gasteiger partial charge >= 0.3 is 24.3 Å². The fourth-order valence-electron chi connectivity index (χ4n) is 4.57. The van der Waals surface area contributed by atoms with Gasteiger partial charge in [-0.2, -0.15) is 26.3 Å². The minimum Gasteiger partial charge on any atom is -0.416 e. The number of carbonyl (C=O) groups excluding carboxylic acids is 3. The number of rotatable bonds is 8. The van der Waals surface area contributed by atoms with Gasteiger partial charge in [-0.15, -0.1) is 0 Å². The molecule has 1 atom stereocenters. The number of nitrogens with one attached hydrogen (secondary N) is 2. The van der Waals surface area contributed by atoms with Gasteiger partial charge < -0.3 is 25.5 Å². The van der Waals surface area contributed by atoms with E-state index in [2.05, 4.69) is 29.7 Å². The van der Waals surface area contributed by atoms with Crippen LogP contribution in [0.3, 0.4) is 0 Å². The molecule has 226 valence electrons. The number of esters is 2. The van der Waals surface area contributed by atoms with Gasteiger partial charge in [-0.05, 0) is 63.5 Å². The number of alkyl halides is 6. The van der Waals surface area contributed by atoms with Crippen molar-refractivity contribution < 1.29 is 50.2 Å². The van der Waals surface area contributed by atoms with E-state index in [4.69, 9.17) is 5.73 Å². The normalized spacial score (nSPS) is 16.0. The maximum absolute atomic E-state index is 13.2. The molecule has 1 aliphatic heterocycles. The third kappa shape index (κ3) is 6.82. The van der Waals surface area contributed by atoms with E-state index >= 15 is 0 Å². The van der Waals surface area contributed by atoms with Crippen LogP contribution in [0.1, 0.15) is 46.9 Å². The van der Waals surface area contributed by atoms with Crippen molar-refractivity contribution in [2.75, 3.05) is 25.5 Å². The van der Waals surface area contributed by atoms with E-state index in [1.165, 1.54) is 12.3 Å². The summed E-state index contributed by atoms with van der Waals surface area (Å²) < 4.78 is 87.0. The number of hydrogen-bond acceptors (Lipinski definition) is 8. The van der Waals surface area contributed by atoms with Crippen LogP contribution in [0.5, 0.6) is 11.5 Å². The maximum Gasteiger partial charge on any atom is 0.491 e. The Kier molecular flexibility index (Phi) is 8.77. The molecule has 0 saturated carbocycles. The summed E-state index contributed by atoms with van der Waals surface area (Å²) in [6.45, 7) is 0.935. The number of H-pyrrole nitrogens is 1. The largest absolute Gasteiger partial charge is 0.491 e. The fourth-order valence-corrected chi connectivity index (χ4v) is 4.57. The van der Waals surface area contributed by atoms with Crippen LogP contribution >= 0.6 is 0 Å².